The van der Waals surface area contributed by atoms with Gasteiger partial charge in [-0.3, -0.25) is 4.79 Å². The van der Waals surface area contributed by atoms with Gasteiger partial charge in [0.1, 0.15) is 0 Å². The maximum atomic E-state index is 9.47. The normalized spacial score (nSPS) is 9.44. The molecular weight excluding hydrogens is 224 g/mol. The second-order valence-electron chi connectivity index (χ2n) is 4.58. The lowest BCUT2D eigenvalue weighted by Gasteiger charge is -2.00. The SMILES string of the molecule is C=CC(N)=O.CCCCCCCCCCCCN. The molecule has 0 atom stereocenters. The molecule has 0 bridgehead atoms. The topological polar surface area (TPSA) is 69.1 Å². The highest BCUT2D eigenvalue weighted by molar-refractivity contribution is 5.84. The van der Waals surface area contributed by atoms with Crippen LogP contribution in [0.2, 0.25) is 0 Å². The molecule has 3 nitrogen and oxygen atoms in total. The molecule has 0 aromatic carbocycles. The molecule has 18 heavy (non-hydrogen) atoms. The van der Waals surface area contributed by atoms with Crippen molar-refractivity contribution in [3.63, 3.8) is 0 Å². The van der Waals surface area contributed by atoms with Gasteiger partial charge < -0.3 is 11.5 Å². The summed E-state index contributed by atoms with van der Waals surface area (Å²) < 4.78 is 0. The van der Waals surface area contributed by atoms with Crippen molar-refractivity contribution >= 4 is 5.91 Å². The first-order chi connectivity index (χ1) is 8.68. The highest BCUT2D eigenvalue weighted by Gasteiger charge is 1.91. The van der Waals surface area contributed by atoms with E-state index in [0.717, 1.165) is 12.6 Å². The van der Waals surface area contributed by atoms with Gasteiger partial charge in [-0.2, -0.15) is 0 Å². The Morgan fingerprint density at radius 1 is 0.944 bits per heavy atom. The maximum Gasteiger partial charge on any atom is 0.240 e. The summed E-state index contributed by atoms with van der Waals surface area (Å²) in [5.41, 5.74) is 9.96. The lowest BCUT2D eigenvalue weighted by Crippen LogP contribution is -2.04. The molecule has 0 spiro atoms. The average molecular weight is 256 g/mol. The molecule has 1 amide bonds. The van der Waals surface area contributed by atoms with Crippen molar-refractivity contribution in [3.8, 4) is 0 Å². The van der Waals surface area contributed by atoms with Gasteiger partial charge in [-0.05, 0) is 19.0 Å². The number of carbonyl (C=O) groups excluding carboxylic acids is 1. The van der Waals surface area contributed by atoms with Gasteiger partial charge in [0.15, 0.2) is 0 Å². The van der Waals surface area contributed by atoms with Gasteiger partial charge in [-0.25, -0.2) is 0 Å². The van der Waals surface area contributed by atoms with Gasteiger partial charge in [0.05, 0.1) is 0 Å². The summed E-state index contributed by atoms with van der Waals surface area (Å²) in [4.78, 5) is 9.47. The molecule has 0 fully saturated rings. The van der Waals surface area contributed by atoms with Gasteiger partial charge in [0, 0.05) is 0 Å². The van der Waals surface area contributed by atoms with Crippen LogP contribution in [-0.2, 0) is 4.79 Å². The Balaban J connectivity index is 0. The number of rotatable bonds is 11. The molecule has 0 saturated heterocycles. The molecule has 0 aliphatic rings. The molecule has 0 aliphatic heterocycles. The molecule has 4 N–H and O–H groups in total. The average Bonchev–Trinajstić information content (AvgIpc) is 2.37. The van der Waals surface area contributed by atoms with Crippen LogP contribution in [0.4, 0.5) is 0 Å². The van der Waals surface area contributed by atoms with Crippen LogP contribution in [0.3, 0.4) is 0 Å². The van der Waals surface area contributed by atoms with Crippen LogP contribution in [-0.4, -0.2) is 12.5 Å². The highest BCUT2D eigenvalue weighted by Crippen LogP contribution is 2.09. The lowest BCUT2D eigenvalue weighted by atomic mass is 10.1. The molecule has 0 aliphatic carbocycles. The largest absolute Gasteiger partial charge is 0.366 e. The summed E-state index contributed by atoms with van der Waals surface area (Å²) in [6.45, 7) is 6.23. The summed E-state index contributed by atoms with van der Waals surface area (Å²) in [5, 5.41) is 0. The quantitative estimate of drug-likeness (QED) is 0.438. The Morgan fingerprint density at radius 3 is 1.56 bits per heavy atom. The monoisotopic (exact) mass is 256 g/mol. The summed E-state index contributed by atoms with van der Waals surface area (Å²) in [6.07, 6.45) is 15.0. The van der Waals surface area contributed by atoms with E-state index in [1.807, 2.05) is 0 Å². The van der Waals surface area contributed by atoms with Crippen LogP contribution < -0.4 is 11.5 Å². The Hall–Kier alpha value is -0.830. The number of hydrogen-bond donors (Lipinski definition) is 2. The molecule has 0 unspecified atom stereocenters. The van der Waals surface area contributed by atoms with E-state index in [9.17, 15) is 4.79 Å². The van der Waals surface area contributed by atoms with Crippen molar-refractivity contribution in [2.45, 2.75) is 71.1 Å². The fraction of sp³-hybridized carbons (Fsp3) is 0.800. The number of amides is 1. The minimum Gasteiger partial charge on any atom is -0.366 e. The van der Waals surface area contributed by atoms with Crippen LogP contribution in [0.1, 0.15) is 71.1 Å². The van der Waals surface area contributed by atoms with Crippen molar-refractivity contribution in [2.75, 3.05) is 6.54 Å². The molecule has 0 heterocycles. The van der Waals surface area contributed by atoms with Gasteiger partial charge in [0.2, 0.25) is 5.91 Å². The fourth-order valence-corrected chi connectivity index (χ4v) is 1.63. The highest BCUT2D eigenvalue weighted by atomic mass is 16.1. The van der Waals surface area contributed by atoms with Gasteiger partial charge in [-0.15, -0.1) is 0 Å². The van der Waals surface area contributed by atoms with Crippen LogP contribution in [0.25, 0.3) is 0 Å². The Kier molecular flexibility index (Phi) is 20.1. The van der Waals surface area contributed by atoms with Crippen LogP contribution in [0.15, 0.2) is 12.7 Å². The summed E-state index contributed by atoms with van der Waals surface area (Å²) in [7, 11) is 0. The van der Waals surface area contributed by atoms with Crippen molar-refractivity contribution in [1.82, 2.24) is 0 Å². The molecule has 0 aromatic heterocycles. The predicted octanol–water partition coefficient (Wildman–Crippen LogP) is 3.52. The molecular formula is C15H32N2O. The minimum absolute atomic E-state index is 0.481. The Bertz CT molecular complexity index is 171. The third-order valence-electron chi connectivity index (χ3n) is 2.76. The summed E-state index contributed by atoms with van der Waals surface area (Å²) in [5.74, 6) is -0.481. The molecule has 108 valence electrons. The number of primary amides is 1. The summed E-state index contributed by atoms with van der Waals surface area (Å²) >= 11 is 0. The smallest absolute Gasteiger partial charge is 0.240 e. The fourth-order valence-electron chi connectivity index (χ4n) is 1.63. The zero-order valence-electron chi connectivity index (χ0n) is 12.1. The number of unbranched alkanes of at least 4 members (excludes halogenated alkanes) is 9. The van der Waals surface area contributed by atoms with Gasteiger partial charge in [0.25, 0.3) is 0 Å². The second kappa shape index (κ2) is 18.5. The molecule has 0 aromatic rings. The van der Waals surface area contributed by atoms with Crippen molar-refractivity contribution in [1.29, 1.82) is 0 Å². The molecule has 3 heteroatoms. The summed E-state index contributed by atoms with van der Waals surface area (Å²) in [6, 6.07) is 0. The van der Waals surface area contributed by atoms with E-state index in [0.29, 0.717) is 0 Å². The zero-order chi connectivity index (χ0) is 14.1. The molecule has 0 rings (SSSR count). The maximum absolute atomic E-state index is 9.47. The molecule has 0 radical (unpaired) electrons. The van der Waals surface area contributed by atoms with E-state index in [2.05, 4.69) is 19.2 Å². The second-order valence-corrected chi connectivity index (χ2v) is 4.58. The van der Waals surface area contributed by atoms with E-state index in [1.165, 1.54) is 64.2 Å². The van der Waals surface area contributed by atoms with Crippen LogP contribution >= 0.6 is 0 Å². The van der Waals surface area contributed by atoms with Crippen molar-refractivity contribution in [2.24, 2.45) is 11.5 Å². The van der Waals surface area contributed by atoms with Gasteiger partial charge in [-0.1, -0.05) is 71.3 Å². The van der Waals surface area contributed by atoms with E-state index < -0.39 is 5.91 Å². The van der Waals surface area contributed by atoms with E-state index in [-0.39, 0.29) is 0 Å². The predicted molar refractivity (Wildman–Crippen MR) is 80.3 cm³/mol. The lowest BCUT2D eigenvalue weighted by molar-refractivity contribution is -0.113. The van der Waals surface area contributed by atoms with Crippen molar-refractivity contribution in [3.05, 3.63) is 12.7 Å². The first kappa shape index (κ1) is 19.5. The van der Waals surface area contributed by atoms with Gasteiger partial charge >= 0.3 is 0 Å². The number of hydrogen-bond acceptors (Lipinski definition) is 2. The van der Waals surface area contributed by atoms with E-state index in [4.69, 9.17) is 5.73 Å². The third kappa shape index (κ3) is 24.4. The first-order valence-corrected chi connectivity index (χ1v) is 7.31. The van der Waals surface area contributed by atoms with E-state index >= 15 is 0 Å². The zero-order valence-corrected chi connectivity index (χ0v) is 12.1. The third-order valence-corrected chi connectivity index (χ3v) is 2.76. The minimum atomic E-state index is -0.481. The van der Waals surface area contributed by atoms with Crippen molar-refractivity contribution < 1.29 is 4.79 Å². The first-order valence-electron chi connectivity index (χ1n) is 7.31. The standard InChI is InChI=1S/C12H27N.C3H5NO/c1-2-3-4-5-6-7-8-9-10-11-12-13;1-2-3(4)5/h2-13H2,1H3;2H,1H2,(H2,4,5). The Labute approximate surface area is 113 Å². The van der Waals surface area contributed by atoms with E-state index in [1.54, 1.807) is 0 Å². The van der Waals surface area contributed by atoms with Crippen LogP contribution in [0, 0.1) is 0 Å². The number of nitrogens with two attached hydrogens (primary N) is 2. The number of carbonyl (C=O) groups is 1. The Morgan fingerprint density at radius 2 is 1.28 bits per heavy atom. The molecule has 0 saturated carbocycles. The van der Waals surface area contributed by atoms with Crippen LogP contribution in [0.5, 0.6) is 0 Å².